The summed E-state index contributed by atoms with van der Waals surface area (Å²) in [6, 6.07) is 7.74. The molecule has 1 aromatic heterocycles. The van der Waals surface area contributed by atoms with Gasteiger partial charge in [-0.2, -0.15) is 0 Å². The zero-order valence-corrected chi connectivity index (χ0v) is 12.8. The summed E-state index contributed by atoms with van der Waals surface area (Å²) >= 11 is 10.9. The fourth-order valence-electron chi connectivity index (χ4n) is 1.33. The van der Waals surface area contributed by atoms with E-state index in [4.69, 9.17) is 11.6 Å². The van der Waals surface area contributed by atoms with Crippen LogP contribution in [0, 0.1) is 0 Å². The molecule has 2 rings (SSSR count). The van der Waals surface area contributed by atoms with Gasteiger partial charge in [0.1, 0.15) is 11.6 Å². The second-order valence-corrected chi connectivity index (χ2v) is 5.81. The minimum atomic E-state index is 0.726. The van der Waals surface area contributed by atoms with Gasteiger partial charge in [0.15, 0.2) is 0 Å². The number of thioether (sulfide) groups is 1. The molecule has 0 amide bonds. The molecular weight excluding hydrogens is 334 g/mol. The Kier molecular flexibility index (Phi) is 4.86. The maximum Gasteiger partial charge on any atom is 0.143 e. The summed E-state index contributed by atoms with van der Waals surface area (Å²) in [4.78, 5) is 9.83. The predicted molar refractivity (Wildman–Crippen MR) is 80.3 cm³/mol. The van der Waals surface area contributed by atoms with Gasteiger partial charge in [0.25, 0.3) is 0 Å². The van der Waals surface area contributed by atoms with E-state index in [0.717, 1.165) is 31.8 Å². The van der Waals surface area contributed by atoms with Crippen LogP contribution in [-0.4, -0.2) is 17.0 Å². The van der Waals surface area contributed by atoms with Crippen molar-refractivity contribution in [2.45, 2.75) is 10.6 Å². The summed E-state index contributed by atoms with van der Waals surface area (Å²) in [6.45, 7) is 0. The van der Waals surface area contributed by atoms with Gasteiger partial charge in [-0.3, -0.25) is 0 Å². The first-order valence-corrected chi connectivity index (χ1v) is 7.42. The van der Waals surface area contributed by atoms with Crippen molar-refractivity contribution in [3.63, 3.8) is 0 Å². The topological polar surface area (TPSA) is 37.8 Å². The number of rotatable bonds is 4. The van der Waals surface area contributed by atoms with Crippen molar-refractivity contribution in [2.24, 2.45) is 0 Å². The third kappa shape index (κ3) is 3.60. The van der Waals surface area contributed by atoms with Crippen LogP contribution in [0.3, 0.4) is 0 Å². The fraction of sp³-hybridized carbons (Fsp3) is 0.167. The molecule has 0 bridgehead atoms. The Morgan fingerprint density at radius 2 is 2.06 bits per heavy atom. The average Bonchev–Trinajstić information content (AvgIpc) is 2.39. The van der Waals surface area contributed by atoms with Crippen molar-refractivity contribution < 1.29 is 0 Å². The third-order valence-electron chi connectivity index (χ3n) is 2.21. The van der Waals surface area contributed by atoms with Crippen LogP contribution in [0.2, 0.25) is 5.02 Å². The monoisotopic (exact) mass is 343 g/mol. The van der Waals surface area contributed by atoms with Crippen LogP contribution < -0.4 is 5.32 Å². The first-order valence-electron chi connectivity index (χ1n) is 5.26. The highest BCUT2D eigenvalue weighted by Crippen LogP contribution is 2.24. The zero-order valence-electron chi connectivity index (χ0n) is 9.65. The van der Waals surface area contributed by atoms with Crippen molar-refractivity contribution in [3.05, 3.63) is 45.8 Å². The van der Waals surface area contributed by atoms with Crippen molar-refractivity contribution in [1.82, 2.24) is 9.97 Å². The van der Waals surface area contributed by atoms with Crippen LogP contribution >= 0.6 is 39.3 Å². The molecule has 18 heavy (non-hydrogen) atoms. The molecule has 1 aromatic carbocycles. The summed E-state index contributed by atoms with van der Waals surface area (Å²) in [6.07, 6.45) is 1.76. The number of nitrogens with zero attached hydrogens (tertiary/aromatic N) is 2. The van der Waals surface area contributed by atoms with Gasteiger partial charge in [0.2, 0.25) is 0 Å². The van der Waals surface area contributed by atoms with Crippen LogP contribution in [-0.2, 0) is 5.75 Å². The second kappa shape index (κ2) is 6.41. The highest BCUT2D eigenvalue weighted by molar-refractivity contribution is 9.10. The summed E-state index contributed by atoms with van der Waals surface area (Å²) in [5, 5.41) is 3.76. The van der Waals surface area contributed by atoms with Gasteiger partial charge in [-0.1, -0.05) is 11.6 Å². The van der Waals surface area contributed by atoms with Crippen LogP contribution in [0.1, 0.15) is 5.82 Å². The molecule has 0 fully saturated rings. The number of aromatic nitrogens is 2. The lowest BCUT2D eigenvalue weighted by Gasteiger charge is -2.05. The van der Waals surface area contributed by atoms with Gasteiger partial charge in [-0.15, -0.1) is 11.8 Å². The fourth-order valence-corrected chi connectivity index (χ4v) is 2.61. The summed E-state index contributed by atoms with van der Waals surface area (Å²) in [5.74, 6) is 2.32. The van der Waals surface area contributed by atoms with E-state index in [9.17, 15) is 0 Å². The largest absolute Gasteiger partial charge is 0.372 e. The lowest BCUT2D eigenvalue weighted by molar-refractivity contribution is 1.02. The summed E-state index contributed by atoms with van der Waals surface area (Å²) < 4.78 is 0.866. The molecular formula is C12H11BrClN3S. The molecule has 0 saturated heterocycles. The lowest BCUT2D eigenvalue weighted by Crippen LogP contribution is -1.99. The van der Waals surface area contributed by atoms with Gasteiger partial charge in [-0.25, -0.2) is 9.97 Å². The van der Waals surface area contributed by atoms with Gasteiger partial charge in [0.05, 0.1) is 10.2 Å². The quantitative estimate of drug-likeness (QED) is 0.842. The van der Waals surface area contributed by atoms with E-state index in [0.29, 0.717) is 0 Å². The minimum Gasteiger partial charge on any atom is -0.372 e. The number of halogens is 2. The van der Waals surface area contributed by atoms with Crippen molar-refractivity contribution in [2.75, 3.05) is 12.4 Å². The Hall–Kier alpha value is -0.780. The Morgan fingerprint density at radius 1 is 1.33 bits per heavy atom. The first-order chi connectivity index (χ1) is 8.69. The van der Waals surface area contributed by atoms with E-state index >= 15 is 0 Å². The molecule has 0 aliphatic rings. The molecule has 0 atom stereocenters. The Morgan fingerprint density at radius 3 is 2.72 bits per heavy atom. The number of hydrogen-bond donors (Lipinski definition) is 1. The van der Waals surface area contributed by atoms with Gasteiger partial charge >= 0.3 is 0 Å². The van der Waals surface area contributed by atoms with Crippen molar-refractivity contribution in [1.29, 1.82) is 0 Å². The van der Waals surface area contributed by atoms with E-state index in [2.05, 4.69) is 31.2 Å². The van der Waals surface area contributed by atoms with Crippen LogP contribution in [0.15, 0.2) is 39.8 Å². The number of nitrogens with one attached hydrogen (secondary N) is 1. The van der Waals surface area contributed by atoms with E-state index in [1.807, 2.05) is 31.3 Å². The van der Waals surface area contributed by atoms with Crippen LogP contribution in [0.4, 0.5) is 5.82 Å². The van der Waals surface area contributed by atoms with Gasteiger partial charge in [-0.05, 0) is 40.2 Å². The van der Waals surface area contributed by atoms with Crippen LogP contribution in [0.5, 0.6) is 0 Å². The zero-order chi connectivity index (χ0) is 13.0. The van der Waals surface area contributed by atoms with E-state index in [-0.39, 0.29) is 0 Å². The molecule has 2 aromatic rings. The highest BCUT2D eigenvalue weighted by Gasteiger charge is 2.04. The highest BCUT2D eigenvalue weighted by atomic mass is 79.9. The molecule has 1 N–H and O–H groups in total. The SMILES string of the molecule is CNc1nc(CSc2ccc(Cl)cc2)ncc1Br. The Bertz CT molecular complexity index is 533. The van der Waals surface area contributed by atoms with Gasteiger partial charge < -0.3 is 5.32 Å². The molecule has 0 radical (unpaired) electrons. The van der Waals surface area contributed by atoms with E-state index < -0.39 is 0 Å². The van der Waals surface area contributed by atoms with Crippen molar-refractivity contribution in [3.8, 4) is 0 Å². The van der Waals surface area contributed by atoms with Gasteiger partial charge in [0, 0.05) is 23.2 Å². The molecule has 94 valence electrons. The smallest absolute Gasteiger partial charge is 0.143 e. The molecule has 0 unspecified atom stereocenters. The average molecular weight is 345 g/mol. The van der Waals surface area contributed by atoms with E-state index in [1.54, 1.807) is 18.0 Å². The Labute approximate surface area is 124 Å². The number of benzene rings is 1. The van der Waals surface area contributed by atoms with Crippen LogP contribution in [0.25, 0.3) is 0 Å². The standard InChI is InChI=1S/C12H11BrClN3S/c1-15-12-10(13)6-16-11(17-12)7-18-9-4-2-8(14)3-5-9/h2-6H,7H2,1H3,(H,15,16,17). The maximum atomic E-state index is 5.84. The molecule has 3 nitrogen and oxygen atoms in total. The molecule has 0 aliphatic carbocycles. The molecule has 0 saturated carbocycles. The summed E-state index contributed by atoms with van der Waals surface area (Å²) in [7, 11) is 1.84. The number of anilines is 1. The predicted octanol–water partition coefficient (Wildman–Crippen LogP) is 4.23. The second-order valence-electron chi connectivity index (χ2n) is 3.48. The van der Waals surface area contributed by atoms with E-state index in [1.165, 1.54) is 0 Å². The third-order valence-corrected chi connectivity index (χ3v) is 4.05. The first kappa shape index (κ1) is 13.6. The Balaban J connectivity index is 2.04. The molecule has 1 heterocycles. The normalized spacial score (nSPS) is 10.4. The molecule has 6 heteroatoms. The maximum absolute atomic E-state index is 5.84. The molecule has 0 spiro atoms. The molecule has 0 aliphatic heterocycles. The summed E-state index contributed by atoms with van der Waals surface area (Å²) in [5.41, 5.74) is 0. The lowest BCUT2D eigenvalue weighted by atomic mass is 10.4. The van der Waals surface area contributed by atoms with Crippen molar-refractivity contribution >= 4 is 45.1 Å². The minimum absolute atomic E-state index is 0.726. The number of hydrogen-bond acceptors (Lipinski definition) is 4.